The van der Waals surface area contributed by atoms with E-state index in [4.69, 9.17) is 0 Å². The first-order chi connectivity index (χ1) is 9.60. The smallest absolute Gasteiger partial charge is 0.123 e. The normalized spacial score (nSPS) is 11.4. The average Bonchev–Trinajstić information content (AvgIpc) is 2.94. The first-order valence-electron chi connectivity index (χ1n) is 6.54. The molecular formula is C15H15BrFN3. The highest BCUT2D eigenvalue weighted by molar-refractivity contribution is 9.10. The molecule has 0 N–H and O–H groups in total. The molecule has 3 rings (SSSR count). The van der Waals surface area contributed by atoms with E-state index in [1.807, 2.05) is 30.1 Å². The molecule has 0 aliphatic heterocycles. The minimum Gasteiger partial charge on any atom is -0.341 e. The summed E-state index contributed by atoms with van der Waals surface area (Å²) in [7, 11) is 1.95. The molecule has 0 aliphatic carbocycles. The zero-order valence-electron chi connectivity index (χ0n) is 11.4. The van der Waals surface area contributed by atoms with Crippen molar-refractivity contribution < 1.29 is 4.39 Å². The second-order valence-electron chi connectivity index (χ2n) is 4.83. The molecule has 0 bridgehead atoms. The van der Waals surface area contributed by atoms with Crippen LogP contribution in [0.3, 0.4) is 0 Å². The number of hydrogen-bond donors (Lipinski definition) is 0. The van der Waals surface area contributed by atoms with Crippen LogP contribution in [0.4, 0.5) is 4.39 Å². The summed E-state index contributed by atoms with van der Waals surface area (Å²) in [5.74, 6) is -0.203. The molecule has 2 aromatic heterocycles. The van der Waals surface area contributed by atoms with Crippen LogP contribution >= 0.6 is 15.9 Å². The van der Waals surface area contributed by atoms with Crippen LogP contribution in [-0.4, -0.2) is 14.3 Å². The first kappa shape index (κ1) is 13.4. The van der Waals surface area contributed by atoms with Crippen LogP contribution < -0.4 is 0 Å². The van der Waals surface area contributed by atoms with Gasteiger partial charge in [-0.1, -0.05) is 6.92 Å². The summed E-state index contributed by atoms with van der Waals surface area (Å²) in [5, 5.41) is 5.42. The fraction of sp³-hybridized carbons (Fsp3) is 0.267. The average molecular weight is 336 g/mol. The summed E-state index contributed by atoms with van der Waals surface area (Å²) in [6, 6.07) is 6.80. The minimum atomic E-state index is -0.203. The van der Waals surface area contributed by atoms with Gasteiger partial charge in [0.05, 0.1) is 22.4 Å². The molecule has 0 atom stereocenters. The monoisotopic (exact) mass is 335 g/mol. The van der Waals surface area contributed by atoms with E-state index in [9.17, 15) is 4.39 Å². The van der Waals surface area contributed by atoms with E-state index in [-0.39, 0.29) is 5.82 Å². The SMILES string of the molecule is CCc1nn(C)c(Cn2ccc3cc(F)ccc32)c1Br. The number of nitrogens with zero attached hydrogens (tertiary/aromatic N) is 3. The van der Waals surface area contributed by atoms with Gasteiger partial charge >= 0.3 is 0 Å². The van der Waals surface area contributed by atoms with Crippen LogP contribution in [0, 0.1) is 5.82 Å². The van der Waals surface area contributed by atoms with Crippen LogP contribution in [-0.2, 0) is 20.0 Å². The second kappa shape index (κ2) is 5.05. The van der Waals surface area contributed by atoms with E-state index in [0.717, 1.165) is 33.2 Å². The van der Waals surface area contributed by atoms with Crippen molar-refractivity contribution in [2.75, 3.05) is 0 Å². The lowest BCUT2D eigenvalue weighted by Crippen LogP contribution is -2.05. The molecule has 1 aromatic carbocycles. The molecule has 3 nitrogen and oxygen atoms in total. The summed E-state index contributed by atoms with van der Waals surface area (Å²) >= 11 is 3.63. The van der Waals surface area contributed by atoms with Gasteiger partial charge in [0.2, 0.25) is 0 Å². The molecule has 104 valence electrons. The van der Waals surface area contributed by atoms with Crippen LogP contribution in [0.25, 0.3) is 10.9 Å². The molecule has 5 heteroatoms. The Morgan fingerprint density at radius 2 is 2.10 bits per heavy atom. The summed E-state index contributed by atoms with van der Waals surface area (Å²) in [5.41, 5.74) is 3.20. The molecule has 0 unspecified atom stereocenters. The maximum absolute atomic E-state index is 13.2. The summed E-state index contributed by atoms with van der Waals surface area (Å²) in [6.45, 7) is 2.80. The van der Waals surface area contributed by atoms with Crippen molar-refractivity contribution in [3.63, 3.8) is 0 Å². The lowest BCUT2D eigenvalue weighted by molar-refractivity contribution is 0.629. The maximum Gasteiger partial charge on any atom is 0.123 e. The fourth-order valence-corrected chi connectivity index (χ4v) is 3.20. The molecule has 2 heterocycles. The number of aryl methyl sites for hydroxylation is 2. The van der Waals surface area contributed by atoms with Gasteiger partial charge in [-0.15, -0.1) is 0 Å². The number of hydrogen-bond acceptors (Lipinski definition) is 1. The Morgan fingerprint density at radius 3 is 2.80 bits per heavy atom. The molecular weight excluding hydrogens is 321 g/mol. The topological polar surface area (TPSA) is 22.8 Å². The van der Waals surface area contributed by atoms with Gasteiger partial charge in [0.1, 0.15) is 5.82 Å². The Morgan fingerprint density at radius 1 is 1.30 bits per heavy atom. The zero-order chi connectivity index (χ0) is 14.3. The quantitative estimate of drug-likeness (QED) is 0.712. The third-order valence-corrected chi connectivity index (χ3v) is 4.47. The first-order valence-corrected chi connectivity index (χ1v) is 7.34. The minimum absolute atomic E-state index is 0.203. The van der Waals surface area contributed by atoms with E-state index in [1.165, 1.54) is 6.07 Å². The Labute approximate surface area is 125 Å². The number of aromatic nitrogens is 3. The Bertz CT molecular complexity index is 773. The lowest BCUT2D eigenvalue weighted by atomic mass is 10.2. The van der Waals surface area contributed by atoms with Gasteiger partial charge in [0, 0.05) is 24.1 Å². The Hall–Kier alpha value is -1.62. The lowest BCUT2D eigenvalue weighted by Gasteiger charge is -2.07. The second-order valence-corrected chi connectivity index (χ2v) is 5.62. The molecule has 0 amide bonds. The third-order valence-electron chi connectivity index (χ3n) is 3.56. The Kier molecular flexibility index (Phi) is 3.38. The number of fused-ring (bicyclic) bond motifs is 1. The van der Waals surface area contributed by atoms with Crippen LogP contribution in [0.2, 0.25) is 0 Å². The molecule has 0 aliphatic rings. The van der Waals surface area contributed by atoms with Crippen molar-refractivity contribution in [1.82, 2.24) is 14.3 Å². The van der Waals surface area contributed by atoms with E-state index < -0.39 is 0 Å². The molecule has 0 spiro atoms. The van der Waals surface area contributed by atoms with Gasteiger partial charge in [-0.2, -0.15) is 5.10 Å². The predicted octanol–water partition coefficient (Wildman–Crippen LogP) is 3.89. The highest BCUT2D eigenvalue weighted by atomic mass is 79.9. The van der Waals surface area contributed by atoms with Crippen LogP contribution in [0.1, 0.15) is 18.3 Å². The van der Waals surface area contributed by atoms with Crippen molar-refractivity contribution in [2.24, 2.45) is 7.05 Å². The molecule has 0 saturated heterocycles. The summed E-state index contributed by atoms with van der Waals surface area (Å²) < 4.78 is 18.3. The summed E-state index contributed by atoms with van der Waals surface area (Å²) in [6.07, 6.45) is 2.88. The van der Waals surface area contributed by atoms with Crippen LogP contribution in [0.15, 0.2) is 34.9 Å². The van der Waals surface area contributed by atoms with E-state index in [2.05, 4.69) is 32.5 Å². The van der Waals surface area contributed by atoms with Gasteiger partial charge in [0.25, 0.3) is 0 Å². The zero-order valence-corrected chi connectivity index (χ0v) is 13.0. The standard InChI is InChI=1S/C15H15BrFN3/c1-3-12-15(16)14(19(2)18-12)9-20-7-6-10-8-11(17)4-5-13(10)20/h4-8H,3,9H2,1-2H3. The van der Waals surface area contributed by atoms with Crippen molar-refractivity contribution in [2.45, 2.75) is 19.9 Å². The van der Waals surface area contributed by atoms with Gasteiger partial charge in [-0.25, -0.2) is 4.39 Å². The van der Waals surface area contributed by atoms with E-state index in [0.29, 0.717) is 6.54 Å². The highest BCUT2D eigenvalue weighted by Crippen LogP contribution is 2.24. The predicted molar refractivity (Wildman–Crippen MR) is 81.3 cm³/mol. The van der Waals surface area contributed by atoms with E-state index in [1.54, 1.807) is 6.07 Å². The number of halogens is 2. The number of rotatable bonds is 3. The van der Waals surface area contributed by atoms with Crippen molar-refractivity contribution in [3.8, 4) is 0 Å². The Balaban J connectivity index is 2.03. The van der Waals surface area contributed by atoms with Crippen molar-refractivity contribution in [1.29, 1.82) is 0 Å². The van der Waals surface area contributed by atoms with Crippen molar-refractivity contribution >= 4 is 26.8 Å². The van der Waals surface area contributed by atoms with Crippen LogP contribution in [0.5, 0.6) is 0 Å². The summed E-state index contributed by atoms with van der Waals surface area (Å²) in [4.78, 5) is 0. The molecule has 0 saturated carbocycles. The van der Waals surface area contributed by atoms with Gasteiger partial charge in [0.15, 0.2) is 0 Å². The largest absolute Gasteiger partial charge is 0.341 e. The maximum atomic E-state index is 13.2. The van der Waals surface area contributed by atoms with Crippen molar-refractivity contribution in [3.05, 3.63) is 52.1 Å². The molecule has 3 aromatic rings. The number of benzene rings is 1. The van der Waals surface area contributed by atoms with Gasteiger partial charge < -0.3 is 4.57 Å². The molecule has 0 fully saturated rings. The van der Waals surface area contributed by atoms with Gasteiger partial charge in [-0.3, -0.25) is 4.68 Å². The molecule has 0 radical (unpaired) electrons. The highest BCUT2D eigenvalue weighted by Gasteiger charge is 2.13. The van der Waals surface area contributed by atoms with E-state index >= 15 is 0 Å². The molecule has 20 heavy (non-hydrogen) atoms. The van der Waals surface area contributed by atoms with Gasteiger partial charge in [-0.05, 0) is 46.6 Å². The third kappa shape index (κ3) is 2.16. The fourth-order valence-electron chi connectivity index (χ4n) is 2.46.